The van der Waals surface area contributed by atoms with Crippen molar-refractivity contribution in [3.8, 4) is 0 Å². The average Bonchev–Trinajstić information content (AvgIpc) is 3.48. The summed E-state index contributed by atoms with van der Waals surface area (Å²) in [4.78, 5) is 48.3. The third-order valence-corrected chi connectivity index (χ3v) is 7.31. The van der Waals surface area contributed by atoms with Crippen LogP contribution in [0, 0.1) is 5.95 Å². The van der Waals surface area contributed by atoms with Gasteiger partial charge in [0, 0.05) is 50.2 Å². The molecule has 9 nitrogen and oxygen atoms in total. The second-order valence-electron chi connectivity index (χ2n) is 8.05. The Hall–Kier alpha value is -3.05. The number of thiophene rings is 1. The second kappa shape index (κ2) is 7.82. The van der Waals surface area contributed by atoms with E-state index in [4.69, 9.17) is 0 Å². The van der Waals surface area contributed by atoms with Crippen molar-refractivity contribution in [2.75, 3.05) is 25.0 Å². The number of pyridine rings is 1. The number of hydrogen-bond acceptors (Lipinski definition) is 7. The molecular formula is C21H23FN6O3S. The Kier molecular flexibility index (Phi) is 5.09. The molecule has 2 atom stereocenters. The molecule has 32 heavy (non-hydrogen) atoms. The molecule has 3 aromatic rings. The lowest BCUT2D eigenvalue weighted by Gasteiger charge is -2.35. The number of aromatic amines is 1. The summed E-state index contributed by atoms with van der Waals surface area (Å²) in [5, 5.41) is 2.45. The number of carbonyl (C=O) groups excluding carboxylic acids is 1. The summed E-state index contributed by atoms with van der Waals surface area (Å²) >= 11 is 1.42. The van der Waals surface area contributed by atoms with Crippen LogP contribution in [0.25, 0.3) is 10.2 Å². The van der Waals surface area contributed by atoms with Crippen LogP contribution in [0.5, 0.6) is 0 Å². The number of hydrogen-bond donors (Lipinski definition) is 2. The second-order valence-corrected chi connectivity index (χ2v) is 9.19. The molecule has 1 aliphatic carbocycles. The van der Waals surface area contributed by atoms with E-state index in [0.29, 0.717) is 41.6 Å². The van der Waals surface area contributed by atoms with Gasteiger partial charge in [0.15, 0.2) is 0 Å². The van der Waals surface area contributed by atoms with E-state index in [1.807, 2.05) is 11.0 Å². The van der Waals surface area contributed by atoms with Gasteiger partial charge in [0.25, 0.3) is 11.5 Å². The lowest BCUT2D eigenvalue weighted by Crippen LogP contribution is -2.46. The topological polar surface area (TPSA) is 103 Å². The quantitative estimate of drug-likeness (QED) is 0.556. The number of carbonyl (C=O) groups is 1. The van der Waals surface area contributed by atoms with E-state index < -0.39 is 11.9 Å². The van der Waals surface area contributed by atoms with Gasteiger partial charge in [-0.05, 0) is 31.5 Å². The van der Waals surface area contributed by atoms with Crippen molar-refractivity contribution in [1.29, 1.82) is 0 Å². The van der Waals surface area contributed by atoms with Crippen LogP contribution in [0.1, 0.15) is 28.7 Å². The molecule has 0 radical (unpaired) electrons. The number of halogens is 1. The highest BCUT2D eigenvalue weighted by molar-refractivity contribution is 7.18. The van der Waals surface area contributed by atoms with Crippen molar-refractivity contribution in [2.45, 2.75) is 38.5 Å². The van der Waals surface area contributed by atoms with E-state index >= 15 is 0 Å². The Morgan fingerprint density at radius 1 is 1.31 bits per heavy atom. The molecule has 1 aliphatic heterocycles. The monoisotopic (exact) mass is 458 g/mol. The van der Waals surface area contributed by atoms with Crippen LogP contribution in [-0.4, -0.2) is 57.6 Å². The van der Waals surface area contributed by atoms with E-state index in [1.165, 1.54) is 23.0 Å². The Labute approximate surface area is 186 Å². The Balaban J connectivity index is 1.32. The fraction of sp³-hybridized carbons (Fsp3) is 0.429. The summed E-state index contributed by atoms with van der Waals surface area (Å²) < 4.78 is 16.4. The molecular weight excluding hydrogens is 435 g/mol. The van der Waals surface area contributed by atoms with Crippen LogP contribution in [0.3, 0.4) is 0 Å². The highest BCUT2D eigenvalue weighted by atomic mass is 32.1. The number of H-pyrrole nitrogens is 1. The lowest BCUT2D eigenvalue weighted by atomic mass is 10.2. The maximum Gasteiger partial charge on any atom is 0.328 e. The van der Waals surface area contributed by atoms with Crippen molar-refractivity contribution >= 4 is 33.1 Å². The molecule has 2 unspecified atom stereocenters. The third kappa shape index (κ3) is 3.41. The van der Waals surface area contributed by atoms with Gasteiger partial charge in [-0.1, -0.05) is 0 Å². The van der Waals surface area contributed by atoms with Crippen LogP contribution >= 0.6 is 11.3 Å². The number of nitrogens with one attached hydrogen (secondary N) is 2. The van der Waals surface area contributed by atoms with Gasteiger partial charge in [0.05, 0.1) is 11.2 Å². The molecule has 1 saturated heterocycles. The lowest BCUT2D eigenvalue weighted by molar-refractivity contribution is 0.0957. The molecule has 1 amide bonds. The van der Waals surface area contributed by atoms with Gasteiger partial charge in [-0.15, -0.1) is 11.3 Å². The van der Waals surface area contributed by atoms with Crippen molar-refractivity contribution in [2.24, 2.45) is 0 Å². The Morgan fingerprint density at radius 3 is 2.84 bits per heavy atom. The summed E-state index contributed by atoms with van der Waals surface area (Å²) in [6.07, 6.45) is 0.918. The van der Waals surface area contributed by atoms with Gasteiger partial charge in [0.2, 0.25) is 5.95 Å². The smallest absolute Gasteiger partial charge is 0.328 e. The molecule has 168 valence electrons. The van der Waals surface area contributed by atoms with Gasteiger partial charge in [0.1, 0.15) is 10.4 Å². The number of amides is 1. The summed E-state index contributed by atoms with van der Waals surface area (Å²) in [5.41, 5.74) is 0.428. The molecule has 2 fully saturated rings. The minimum Gasteiger partial charge on any atom is -0.362 e. The molecule has 0 spiro atoms. The first-order chi connectivity index (χ1) is 15.4. The fourth-order valence-electron chi connectivity index (χ4n) is 4.51. The molecule has 2 aliphatic rings. The zero-order valence-corrected chi connectivity index (χ0v) is 18.5. The first-order valence-corrected chi connectivity index (χ1v) is 11.4. The van der Waals surface area contributed by atoms with Crippen molar-refractivity contribution in [1.82, 2.24) is 24.8 Å². The minimum atomic E-state index is -0.633. The molecule has 2 N–H and O–H groups in total. The summed E-state index contributed by atoms with van der Waals surface area (Å²) in [6.45, 7) is 4.16. The molecule has 3 aromatic heterocycles. The van der Waals surface area contributed by atoms with E-state index in [9.17, 15) is 18.8 Å². The van der Waals surface area contributed by atoms with Crippen LogP contribution in [0.15, 0.2) is 27.8 Å². The molecule has 0 bridgehead atoms. The fourth-order valence-corrected chi connectivity index (χ4v) is 5.60. The zero-order chi connectivity index (χ0) is 22.6. The molecule has 4 heterocycles. The highest BCUT2D eigenvalue weighted by Gasteiger charge is 2.49. The molecule has 5 rings (SSSR count). The third-order valence-electron chi connectivity index (χ3n) is 6.20. The van der Waals surface area contributed by atoms with Gasteiger partial charge < -0.3 is 15.2 Å². The zero-order valence-electron chi connectivity index (χ0n) is 17.7. The summed E-state index contributed by atoms with van der Waals surface area (Å²) in [5.74, 6) is -1.05. The number of anilines is 1. The molecule has 1 saturated carbocycles. The van der Waals surface area contributed by atoms with Gasteiger partial charge in [-0.25, -0.2) is 9.78 Å². The van der Waals surface area contributed by atoms with E-state index in [1.54, 1.807) is 19.1 Å². The molecule has 11 heteroatoms. The standard InChI is InChI=1S/C21H23FN6O3S/c1-3-27-20(30)17-13(25-21(27)31)8-11(32-17)10-26-6-7-28(16-9-15(16)26)14-5-4-12(19(29)23-2)24-18(14)22/h4-5,8,15-16H,3,6-7,9-10H2,1-2H3,(H,23,29)(H,25,31). The van der Waals surface area contributed by atoms with E-state index in [2.05, 4.69) is 20.2 Å². The SMILES string of the molecule is CCn1c(=O)[nH]c2cc(CN3CCN(c4ccc(C(=O)NC)nc4F)C4CC43)sc2c1=O. The van der Waals surface area contributed by atoms with Gasteiger partial charge >= 0.3 is 5.69 Å². The van der Waals surface area contributed by atoms with Gasteiger partial charge in [-0.2, -0.15) is 4.39 Å². The average molecular weight is 459 g/mol. The minimum absolute atomic E-state index is 0.0599. The Bertz CT molecular complexity index is 1330. The summed E-state index contributed by atoms with van der Waals surface area (Å²) in [7, 11) is 1.48. The number of rotatable bonds is 5. The maximum absolute atomic E-state index is 14.6. The number of aromatic nitrogens is 3. The van der Waals surface area contributed by atoms with E-state index in [0.717, 1.165) is 17.8 Å². The van der Waals surface area contributed by atoms with Crippen LogP contribution in [0.2, 0.25) is 0 Å². The van der Waals surface area contributed by atoms with Crippen molar-refractivity contribution in [3.63, 3.8) is 0 Å². The van der Waals surface area contributed by atoms with Gasteiger partial charge in [-0.3, -0.25) is 19.1 Å². The van der Waals surface area contributed by atoms with Crippen LogP contribution in [0.4, 0.5) is 10.1 Å². The number of piperazine rings is 1. The van der Waals surface area contributed by atoms with Crippen LogP contribution < -0.4 is 21.5 Å². The normalized spacial score (nSPS) is 20.4. The summed E-state index contributed by atoms with van der Waals surface area (Å²) in [6, 6.07) is 5.53. The number of fused-ring (bicyclic) bond motifs is 2. The molecule has 0 aromatic carbocycles. The maximum atomic E-state index is 14.6. The van der Waals surface area contributed by atoms with Crippen molar-refractivity contribution < 1.29 is 9.18 Å². The highest BCUT2D eigenvalue weighted by Crippen LogP contribution is 2.41. The predicted molar refractivity (Wildman–Crippen MR) is 120 cm³/mol. The Morgan fingerprint density at radius 2 is 2.12 bits per heavy atom. The van der Waals surface area contributed by atoms with E-state index in [-0.39, 0.29) is 23.0 Å². The largest absolute Gasteiger partial charge is 0.362 e. The first-order valence-electron chi connectivity index (χ1n) is 10.6. The number of nitrogens with zero attached hydrogens (tertiary/aromatic N) is 4. The first kappa shape index (κ1) is 20.8. The van der Waals surface area contributed by atoms with Crippen molar-refractivity contribution in [3.05, 3.63) is 55.6 Å². The predicted octanol–water partition coefficient (Wildman–Crippen LogP) is 1.13. The van der Waals surface area contributed by atoms with Crippen LogP contribution in [-0.2, 0) is 13.1 Å².